The first-order valence-corrected chi connectivity index (χ1v) is 4.45. The molecule has 0 radical (unpaired) electrons. The maximum atomic E-state index is 10.9. The van der Waals surface area contributed by atoms with E-state index < -0.39 is 0 Å². The molecule has 0 saturated heterocycles. The van der Waals surface area contributed by atoms with Crippen molar-refractivity contribution in [1.82, 2.24) is 5.16 Å². The predicted octanol–water partition coefficient (Wildman–Crippen LogP) is 1.92. The summed E-state index contributed by atoms with van der Waals surface area (Å²) in [6.07, 6.45) is 0. The lowest BCUT2D eigenvalue weighted by Gasteiger charge is -1.98. The number of amides is 1. The van der Waals surface area contributed by atoms with E-state index in [9.17, 15) is 4.79 Å². The third kappa shape index (κ3) is 1.98. The summed E-state index contributed by atoms with van der Waals surface area (Å²) >= 11 is 8.41. The lowest BCUT2D eigenvalue weighted by atomic mass is 10.4. The molecule has 0 aliphatic rings. The van der Waals surface area contributed by atoms with Crippen LogP contribution in [0.5, 0.6) is 0 Å². The van der Waals surface area contributed by atoms with Crippen LogP contribution in [0.3, 0.4) is 0 Å². The number of halogens is 2. The highest BCUT2D eigenvalue weighted by Crippen LogP contribution is 2.24. The van der Waals surface area contributed by atoms with Crippen molar-refractivity contribution in [2.45, 2.75) is 6.92 Å². The molecule has 0 aliphatic heterocycles. The number of carbonyl (C=O) groups is 1. The minimum atomic E-state index is -0.288. The second kappa shape index (κ2) is 3.91. The zero-order valence-corrected chi connectivity index (χ0v) is 8.57. The first-order valence-electron chi connectivity index (χ1n) is 3.12. The van der Waals surface area contributed by atoms with Crippen molar-refractivity contribution in [2.24, 2.45) is 0 Å². The average molecular weight is 253 g/mol. The Hall–Kier alpha value is -0.550. The summed E-state index contributed by atoms with van der Waals surface area (Å²) in [6.45, 7) is 1.70. The van der Waals surface area contributed by atoms with Gasteiger partial charge in [-0.05, 0) is 22.9 Å². The second-order valence-corrected chi connectivity index (χ2v) is 3.10. The minimum absolute atomic E-state index is 0.0862. The van der Waals surface area contributed by atoms with E-state index in [0.29, 0.717) is 16.1 Å². The number of anilines is 1. The summed E-state index contributed by atoms with van der Waals surface area (Å²) in [5.74, 6) is 0.167. The van der Waals surface area contributed by atoms with Gasteiger partial charge >= 0.3 is 0 Å². The SMILES string of the molecule is Cc1onc(Br)c1NC(=O)CCl. The van der Waals surface area contributed by atoms with Crippen molar-refractivity contribution in [3.8, 4) is 0 Å². The maximum absolute atomic E-state index is 10.9. The highest BCUT2D eigenvalue weighted by atomic mass is 79.9. The largest absolute Gasteiger partial charge is 0.358 e. The van der Waals surface area contributed by atoms with Gasteiger partial charge in [-0.1, -0.05) is 5.16 Å². The molecule has 0 aromatic carbocycles. The normalized spacial score (nSPS) is 9.92. The molecular formula is C6H6BrClN2O2. The van der Waals surface area contributed by atoms with Gasteiger partial charge in [0.25, 0.3) is 0 Å². The van der Waals surface area contributed by atoms with Crippen LogP contribution in [0.2, 0.25) is 0 Å². The number of hydrogen-bond donors (Lipinski definition) is 1. The molecule has 1 aromatic heterocycles. The Bertz CT molecular complexity index is 280. The van der Waals surface area contributed by atoms with E-state index in [1.807, 2.05) is 0 Å². The standard InChI is InChI=1S/C6H6BrClN2O2/c1-3-5(6(7)10-12-3)9-4(11)2-8/h2H2,1H3,(H,9,11). The van der Waals surface area contributed by atoms with Gasteiger partial charge in [-0.2, -0.15) is 0 Å². The second-order valence-electron chi connectivity index (χ2n) is 2.09. The van der Waals surface area contributed by atoms with Gasteiger partial charge < -0.3 is 9.84 Å². The predicted molar refractivity (Wildman–Crippen MR) is 48.3 cm³/mol. The molecule has 0 atom stereocenters. The molecule has 6 heteroatoms. The first kappa shape index (κ1) is 9.54. The summed E-state index contributed by atoms with van der Waals surface area (Å²) in [4.78, 5) is 10.9. The summed E-state index contributed by atoms with van der Waals surface area (Å²) in [7, 11) is 0. The Kier molecular flexibility index (Phi) is 3.11. The highest BCUT2D eigenvalue weighted by molar-refractivity contribution is 9.10. The minimum Gasteiger partial charge on any atom is -0.358 e. The molecule has 4 nitrogen and oxygen atoms in total. The van der Waals surface area contributed by atoms with Crippen LogP contribution in [0.15, 0.2) is 9.13 Å². The average Bonchev–Trinajstić information content (AvgIpc) is 2.35. The van der Waals surface area contributed by atoms with Crippen molar-refractivity contribution in [2.75, 3.05) is 11.2 Å². The van der Waals surface area contributed by atoms with Crippen molar-refractivity contribution in [3.05, 3.63) is 10.4 Å². The molecule has 1 N–H and O–H groups in total. The van der Waals surface area contributed by atoms with Crippen molar-refractivity contribution in [1.29, 1.82) is 0 Å². The Morgan fingerprint density at radius 1 is 1.83 bits per heavy atom. The van der Waals surface area contributed by atoms with Crippen LogP contribution in [0.4, 0.5) is 5.69 Å². The van der Waals surface area contributed by atoms with Crippen molar-refractivity contribution < 1.29 is 9.32 Å². The fraction of sp³-hybridized carbons (Fsp3) is 0.333. The number of alkyl halides is 1. The number of aryl methyl sites for hydroxylation is 1. The molecule has 0 saturated carbocycles. The van der Waals surface area contributed by atoms with Gasteiger partial charge in [0.1, 0.15) is 11.6 Å². The molecule has 0 bridgehead atoms. The van der Waals surface area contributed by atoms with Gasteiger partial charge in [0, 0.05) is 0 Å². The smallest absolute Gasteiger partial charge is 0.239 e. The molecule has 12 heavy (non-hydrogen) atoms. The number of hydrogen-bond acceptors (Lipinski definition) is 3. The number of nitrogens with one attached hydrogen (secondary N) is 1. The van der Waals surface area contributed by atoms with E-state index >= 15 is 0 Å². The summed E-state index contributed by atoms with van der Waals surface area (Å²) in [6, 6.07) is 0. The summed E-state index contributed by atoms with van der Waals surface area (Å²) < 4.78 is 5.26. The van der Waals surface area contributed by atoms with Crippen LogP contribution >= 0.6 is 27.5 Å². The van der Waals surface area contributed by atoms with Gasteiger partial charge in [0.15, 0.2) is 10.4 Å². The molecule has 0 aliphatic carbocycles. The number of nitrogens with zero attached hydrogens (tertiary/aromatic N) is 1. The molecule has 0 unspecified atom stereocenters. The Labute approximate surface area is 82.4 Å². The van der Waals surface area contributed by atoms with E-state index in [1.165, 1.54) is 0 Å². The van der Waals surface area contributed by atoms with E-state index in [-0.39, 0.29) is 11.8 Å². The van der Waals surface area contributed by atoms with Gasteiger partial charge in [-0.15, -0.1) is 11.6 Å². The quantitative estimate of drug-likeness (QED) is 0.819. The van der Waals surface area contributed by atoms with Crippen molar-refractivity contribution in [3.63, 3.8) is 0 Å². The fourth-order valence-electron chi connectivity index (χ4n) is 0.657. The molecular weight excluding hydrogens is 247 g/mol. The fourth-order valence-corrected chi connectivity index (χ4v) is 1.18. The van der Waals surface area contributed by atoms with Crippen LogP contribution in [0.25, 0.3) is 0 Å². The van der Waals surface area contributed by atoms with Crippen LogP contribution in [-0.4, -0.2) is 16.9 Å². The molecule has 1 aromatic rings. The lowest BCUT2D eigenvalue weighted by molar-refractivity contribution is -0.113. The molecule has 1 heterocycles. The maximum Gasteiger partial charge on any atom is 0.239 e. The molecule has 66 valence electrons. The zero-order chi connectivity index (χ0) is 9.14. The van der Waals surface area contributed by atoms with Crippen LogP contribution in [-0.2, 0) is 4.79 Å². The molecule has 0 spiro atoms. The zero-order valence-electron chi connectivity index (χ0n) is 6.23. The summed E-state index contributed by atoms with van der Waals surface area (Å²) in [5.41, 5.74) is 0.528. The third-order valence-electron chi connectivity index (χ3n) is 1.21. The monoisotopic (exact) mass is 252 g/mol. The molecule has 0 fully saturated rings. The van der Waals surface area contributed by atoms with E-state index in [0.717, 1.165) is 0 Å². The van der Waals surface area contributed by atoms with Gasteiger partial charge in [-0.3, -0.25) is 4.79 Å². The highest BCUT2D eigenvalue weighted by Gasteiger charge is 2.12. The van der Waals surface area contributed by atoms with Crippen LogP contribution in [0, 0.1) is 6.92 Å². The summed E-state index contributed by atoms with van der Waals surface area (Å²) in [5, 5.41) is 6.12. The van der Waals surface area contributed by atoms with Gasteiger partial charge in [-0.25, -0.2) is 0 Å². The number of rotatable bonds is 2. The van der Waals surface area contributed by atoms with E-state index in [2.05, 4.69) is 26.4 Å². The van der Waals surface area contributed by atoms with Crippen molar-refractivity contribution >= 4 is 39.1 Å². The van der Waals surface area contributed by atoms with Crippen LogP contribution in [0.1, 0.15) is 5.76 Å². The van der Waals surface area contributed by atoms with Gasteiger partial charge in [0.05, 0.1) is 0 Å². The third-order valence-corrected chi connectivity index (χ3v) is 1.99. The Morgan fingerprint density at radius 3 is 2.92 bits per heavy atom. The van der Waals surface area contributed by atoms with E-state index in [1.54, 1.807) is 6.92 Å². The molecule has 1 amide bonds. The first-order chi connectivity index (χ1) is 5.65. The Balaban J connectivity index is 2.80. The lowest BCUT2D eigenvalue weighted by Crippen LogP contribution is -2.12. The topological polar surface area (TPSA) is 55.1 Å². The van der Waals surface area contributed by atoms with Crippen LogP contribution < -0.4 is 5.32 Å². The number of carbonyl (C=O) groups excluding carboxylic acids is 1. The van der Waals surface area contributed by atoms with E-state index in [4.69, 9.17) is 16.1 Å². The molecule has 1 rings (SSSR count). The van der Waals surface area contributed by atoms with Gasteiger partial charge in [0.2, 0.25) is 5.91 Å². The number of aromatic nitrogens is 1. The Morgan fingerprint density at radius 2 is 2.50 bits per heavy atom.